The molecular formula is C45H39N9O7S. The minimum atomic E-state index is -4.47. The van der Waals surface area contributed by atoms with E-state index in [9.17, 15) is 23.2 Å². The van der Waals surface area contributed by atoms with E-state index in [0.29, 0.717) is 62.1 Å². The van der Waals surface area contributed by atoms with Crippen molar-refractivity contribution < 1.29 is 32.7 Å². The monoisotopic (exact) mass is 849 g/mol. The molecule has 0 aliphatic heterocycles. The van der Waals surface area contributed by atoms with E-state index in [-0.39, 0.29) is 28.6 Å². The van der Waals surface area contributed by atoms with E-state index in [1.807, 2.05) is 61.5 Å². The molecule has 0 spiro atoms. The summed E-state index contributed by atoms with van der Waals surface area (Å²) in [6, 6.07) is 36.4. The Hall–Kier alpha value is -7.73. The minimum Gasteiger partial charge on any atom is -0.505 e. The number of benzene rings is 7. The first-order valence-electron chi connectivity index (χ1n) is 18.9. The van der Waals surface area contributed by atoms with Gasteiger partial charge in [-0.05, 0) is 109 Å². The molecular weight excluding hydrogens is 811 g/mol. The Morgan fingerprint density at radius 2 is 1.15 bits per heavy atom. The van der Waals surface area contributed by atoms with Gasteiger partial charge in [0.1, 0.15) is 39.1 Å². The van der Waals surface area contributed by atoms with Gasteiger partial charge in [0.2, 0.25) is 0 Å². The van der Waals surface area contributed by atoms with Crippen molar-refractivity contribution in [3.05, 3.63) is 144 Å². The van der Waals surface area contributed by atoms with Crippen LogP contribution in [-0.2, 0) is 16.7 Å². The molecule has 17 heteroatoms. The number of phenols is 1. The quantitative estimate of drug-likeness (QED) is 0.0607. The molecule has 0 saturated heterocycles. The molecule has 16 nitrogen and oxygen atoms in total. The number of hydrogen-bond donors (Lipinski definition) is 4. The predicted octanol–water partition coefficient (Wildman–Crippen LogP) is 13.3. The number of aryl methyl sites for hydroxylation is 2. The highest BCUT2D eigenvalue weighted by atomic mass is 32.2. The van der Waals surface area contributed by atoms with Gasteiger partial charge in [-0.15, -0.1) is 25.6 Å². The van der Waals surface area contributed by atoms with Crippen molar-refractivity contribution in [2.75, 3.05) is 19.5 Å². The number of azo groups is 4. The zero-order valence-corrected chi connectivity index (χ0v) is 34.6. The van der Waals surface area contributed by atoms with Crippen molar-refractivity contribution in [3.63, 3.8) is 0 Å². The molecule has 0 amide bonds. The van der Waals surface area contributed by atoms with Crippen molar-refractivity contribution >= 4 is 77.8 Å². The fourth-order valence-corrected chi connectivity index (χ4v) is 6.85. The molecule has 0 atom stereocenters. The molecule has 0 saturated carbocycles. The van der Waals surface area contributed by atoms with E-state index in [1.165, 1.54) is 32.4 Å². The summed E-state index contributed by atoms with van der Waals surface area (Å²) in [7, 11) is -1.51. The summed E-state index contributed by atoms with van der Waals surface area (Å²) in [5.74, 6) is 0.646. The molecule has 4 N–H and O–H groups in total. The second-order valence-electron chi connectivity index (χ2n) is 13.7. The van der Waals surface area contributed by atoms with Gasteiger partial charge in [0, 0.05) is 34.5 Å². The van der Waals surface area contributed by atoms with Crippen molar-refractivity contribution in [3.8, 4) is 17.2 Å². The summed E-state index contributed by atoms with van der Waals surface area (Å²) >= 11 is 0. The fraction of sp³-hybridized carbons (Fsp3) is 0.111. The molecule has 7 aromatic carbocycles. The van der Waals surface area contributed by atoms with Gasteiger partial charge in [0.05, 0.1) is 43.6 Å². The zero-order valence-electron chi connectivity index (χ0n) is 33.8. The zero-order chi connectivity index (χ0) is 43.8. The van der Waals surface area contributed by atoms with Gasteiger partial charge < -0.3 is 25.0 Å². The van der Waals surface area contributed by atoms with Gasteiger partial charge in [-0.2, -0.15) is 23.8 Å². The van der Waals surface area contributed by atoms with Crippen molar-refractivity contribution in [2.45, 2.75) is 25.3 Å². The van der Waals surface area contributed by atoms with Crippen LogP contribution in [-0.4, -0.2) is 37.4 Å². The number of phenolic OH excluding ortho intramolecular Hbond substituents is 1. The van der Waals surface area contributed by atoms with Crippen LogP contribution in [0.5, 0.6) is 17.2 Å². The lowest BCUT2D eigenvalue weighted by Crippen LogP contribution is -1.97. The van der Waals surface area contributed by atoms with Gasteiger partial charge in [0.15, 0.2) is 5.75 Å². The Kier molecular flexibility index (Phi) is 12.8. The molecule has 312 valence electrons. The van der Waals surface area contributed by atoms with Crippen LogP contribution >= 0.6 is 0 Å². The number of methoxy groups -OCH3 is 2. The molecule has 0 aliphatic carbocycles. The fourth-order valence-electron chi connectivity index (χ4n) is 6.23. The molecule has 0 bridgehead atoms. The van der Waals surface area contributed by atoms with Gasteiger partial charge in [-0.3, -0.25) is 4.55 Å². The number of rotatable bonds is 14. The van der Waals surface area contributed by atoms with E-state index in [1.54, 1.807) is 61.5 Å². The number of nitrogens with zero attached hydrogens (tertiary/aromatic N) is 8. The Bertz CT molecular complexity index is 3030. The van der Waals surface area contributed by atoms with Gasteiger partial charge in [-0.25, -0.2) is 0 Å². The predicted molar refractivity (Wildman–Crippen MR) is 236 cm³/mol. The Morgan fingerprint density at radius 3 is 1.85 bits per heavy atom. The molecule has 0 fully saturated rings. The summed E-state index contributed by atoms with van der Waals surface area (Å²) in [5, 5.41) is 60.7. The highest BCUT2D eigenvalue weighted by molar-refractivity contribution is 7.86. The Labute approximate surface area is 356 Å². The number of aromatic hydroxyl groups is 1. The van der Waals surface area contributed by atoms with Crippen LogP contribution in [0.15, 0.2) is 173 Å². The molecule has 0 aromatic heterocycles. The summed E-state index contributed by atoms with van der Waals surface area (Å²) in [4.78, 5) is -0.345. The van der Waals surface area contributed by atoms with Crippen LogP contribution in [0.3, 0.4) is 0 Å². The average Bonchev–Trinajstić information content (AvgIpc) is 3.27. The van der Waals surface area contributed by atoms with E-state index < -0.39 is 10.1 Å². The summed E-state index contributed by atoms with van der Waals surface area (Å²) < 4.78 is 44.1. The Morgan fingerprint density at radius 1 is 0.548 bits per heavy atom. The van der Waals surface area contributed by atoms with Crippen molar-refractivity contribution in [1.29, 1.82) is 0 Å². The number of para-hydroxylation sites is 1. The maximum atomic E-state index is 11.7. The largest absolute Gasteiger partial charge is 0.505 e. The van der Waals surface area contributed by atoms with Crippen molar-refractivity contribution in [1.82, 2.24) is 0 Å². The summed E-state index contributed by atoms with van der Waals surface area (Å²) in [6.07, 6.45) is 0. The van der Waals surface area contributed by atoms with Gasteiger partial charge in [0.25, 0.3) is 10.1 Å². The van der Waals surface area contributed by atoms with E-state index in [4.69, 9.17) is 9.47 Å². The average molecular weight is 850 g/mol. The molecule has 0 unspecified atom stereocenters. The standard InChI is InChI=1S/C45H39N9O7S/c1-27-20-33(16-19-35(27)48-49-36-12-8-9-13-44(36)62(57,58)59)47-51-38-24-42(60-3)40(21-28(38)2)53-52-39-25-43(61-4)41(23-30(39)26-55)54-50-37-18-14-29-22-32(15-17-34(29)45(37)56)46-31-10-6-5-7-11-31/h5-25,46,55-56H,26H2,1-4H3,(H,57,58,59). The van der Waals surface area contributed by atoms with Crippen LogP contribution in [0.2, 0.25) is 0 Å². The molecule has 7 rings (SSSR count). The second kappa shape index (κ2) is 18.7. The smallest absolute Gasteiger partial charge is 0.296 e. The third-order valence-electron chi connectivity index (χ3n) is 9.47. The van der Waals surface area contributed by atoms with Crippen molar-refractivity contribution in [2.24, 2.45) is 40.9 Å². The summed E-state index contributed by atoms with van der Waals surface area (Å²) in [5.41, 5.74) is 6.41. The van der Waals surface area contributed by atoms with E-state index >= 15 is 0 Å². The normalized spacial score (nSPS) is 12.0. The van der Waals surface area contributed by atoms with Crippen LogP contribution < -0.4 is 14.8 Å². The lowest BCUT2D eigenvalue weighted by Gasteiger charge is -2.10. The van der Waals surface area contributed by atoms with Gasteiger partial charge in [-0.1, -0.05) is 36.4 Å². The number of ether oxygens (including phenoxy) is 2. The Balaban J connectivity index is 1.07. The molecule has 7 aromatic rings. The topological polar surface area (TPSA) is 224 Å². The first-order chi connectivity index (χ1) is 29.9. The number of nitrogens with one attached hydrogen (secondary N) is 1. The molecule has 0 heterocycles. The number of hydrogen-bond acceptors (Lipinski definition) is 15. The minimum absolute atomic E-state index is 0.00270. The van der Waals surface area contributed by atoms with E-state index in [0.717, 1.165) is 22.3 Å². The first-order valence-corrected chi connectivity index (χ1v) is 20.3. The summed E-state index contributed by atoms with van der Waals surface area (Å²) in [6.45, 7) is 3.24. The first kappa shape index (κ1) is 42.4. The molecule has 0 aliphatic rings. The molecule has 62 heavy (non-hydrogen) atoms. The highest BCUT2D eigenvalue weighted by Crippen LogP contribution is 2.42. The third-order valence-corrected chi connectivity index (χ3v) is 10.4. The lowest BCUT2D eigenvalue weighted by atomic mass is 10.1. The van der Waals surface area contributed by atoms with Crippen LogP contribution in [0.4, 0.5) is 56.9 Å². The van der Waals surface area contributed by atoms with Crippen LogP contribution in [0.1, 0.15) is 16.7 Å². The van der Waals surface area contributed by atoms with E-state index in [2.05, 4.69) is 46.2 Å². The number of aliphatic hydroxyl groups excluding tert-OH is 1. The SMILES string of the molecule is COc1cc(N=Nc2ccc(N=Nc3ccccc3S(=O)(=O)O)c(C)c2)c(C)cc1N=Nc1cc(OC)c(N=Nc2ccc3cc(Nc4ccccc4)ccc3c2O)cc1CO. The maximum Gasteiger partial charge on any atom is 0.296 e. The maximum absolute atomic E-state index is 11.7. The number of anilines is 2. The number of fused-ring (bicyclic) bond motifs is 1. The van der Waals surface area contributed by atoms with Gasteiger partial charge >= 0.3 is 0 Å². The molecule has 0 radical (unpaired) electrons. The lowest BCUT2D eigenvalue weighted by molar-refractivity contribution is 0.282. The third kappa shape index (κ3) is 9.82. The van der Waals surface area contributed by atoms with Crippen LogP contribution in [0.25, 0.3) is 10.8 Å². The highest BCUT2D eigenvalue weighted by Gasteiger charge is 2.16. The van der Waals surface area contributed by atoms with Crippen LogP contribution in [0, 0.1) is 13.8 Å². The number of aliphatic hydroxyl groups is 1. The second-order valence-corrected chi connectivity index (χ2v) is 15.1.